The maximum Gasteiger partial charge on any atom is 0.124 e. The Balaban J connectivity index is 2.61. The van der Waals surface area contributed by atoms with Crippen LogP contribution in [0.4, 0.5) is 0 Å². The number of hydrogen-bond donors (Lipinski definition) is 2. The summed E-state index contributed by atoms with van der Waals surface area (Å²) in [6.45, 7) is 8.12. The van der Waals surface area contributed by atoms with Gasteiger partial charge in [-0.25, -0.2) is 5.43 Å². The van der Waals surface area contributed by atoms with Crippen molar-refractivity contribution >= 4 is 0 Å². The first kappa shape index (κ1) is 15.5. The number of aromatic nitrogens is 1. The SMILES string of the molecule is COc1cc(C)cc(C)c1C(NN)c1ccc(C)nc1C. The molecule has 0 radical (unpaired) electrons. The van der Waals surface area contributed by atoms with Crippen molar-refractivity contribution in [2.24, 2.45) is 5.84 Å². The molecule has 1 aromatic carbocycles. The van der Waals surface area contributed by atoms with Gasteiger partial charge < -0.3 is 4.74 Å². The maximum absolute atomic E-state index is 5.84. The quantitative estimate of drug-likeness (QED) is 0.670. The summed E-state index contributed by atoms with van der Waals surface area (Å²) in [5.41, 5.74) is 9.32. The third-order valence-electron chi connectivity index (χ3n) is 3.75. The largest absolute Gasteiger partial charge is 0.496 e. The van der Waals surface area contributed by atoms with Crippen LogP contribution < -0.4 is 16.0 Å². The Morgan fingerprint density at radius 2 is 1.86 bits per heavy atom. The molecule has 1 unspecified atom stereocenters. The Morgan fingerprint density at radius 3 is 2.43 bits per heavy atom. The maximum atomic E-state index is 5.84. The van der Waals surface area contributed by atoms with E-state index in [1.807, 2.05) is 26.0 Å². The van der Waals surface area contributed by atoms with Gasteiger partial charge in [0.1, 0.15) is 5.75 Å². The zero-order chi connectivity index (χ0) is 15.6. The number of rotatable bonds is 4. The lowest BCUT2D eigenvalue weighted by Gasteiger charge is -2.23. The smallest absolute Gasteiger partial charge is 0.124 e. The molecule has 0 saturated carbocycles. The van der Waals surface area contributed by atoms with Gasteiger partial charge in [0.15, 0.2) is 0 Å². The van der Waals surface area contributed by atoms with Gasteiger partial charge in [-0.1, -0.05) is 12.1 Å². The van der Waals surface area contributed by atoms with Crippen LogP contribution in [0.5, 0.6) is 5.75 Å². The minimum Gasteiger partial charge on any atom is -0.496 e. The van der Waals surface area contributed by atoms with E-state index in [-0.39, 0.29) is 6.04 Å². The average molecular weight is 285 g/mol. The Bertz CT molecular complexity index is 653. The molecule has 3 N–H and O–H groups in total. The molecule has 0 aliphatic carbocycles. The van der Waals surface area contributed by atoms with Crippen molar-refractivity contribution in [1.82, 2.24) is 10.4 Å². The van der Waals surface area contributed by atoms with Crippen molar-refractivity contribution in [2.75, 3.05) is 7.11 Å². The lowest BCUT2D eigenvalue weighted by molar-refractivity contribution is 0.403. The van der Waals surface area contributed by atoms with Crippen LogP contribution in [0.15, 0.2) is 24.3 Å². The summed E-state index contributed by atoms with van der Waals surface area (Å²) in [5, 5.41) is 0. The summed E-state index contributed by atoms with van der Waals surface area (Å²) >= 11 is 0. The zero-order valence-corrected chi connectivity index (χ0v) is 13.3. The molecule has 4 heteroatoms. The summed E-state index contributed by atoms with van der Waals surface area (Å²) in [6.07, 6.45) is 0. The van der Waals surface area contributed by atoms with Crippen molar-refractivity contribution in [1.29, 1.82) is 0 Å². The number of nitrogens with zero attached hydrogens (tertiary/aromatic N) is 1. The second-order valence-electron chi connectivity index (χ2n) is 5.42. The molecule has 4 nitrogen and oxygen atoms in total. The minimum atomic E-state index is -0.145. The highest BCUT2D eigenvalue weighted by atomic mass is 16.5. The number of nitrogens with two attached hydrogens (primary N) is 1. The van der Waals surface area contributed by atoms with Gasteiger partial charge in [0.2, 0.25) is 0 Å². The van der Waals surface area contributed by atoms with Crippen molar-refractivity contribution < 1.29 is 4.74 Å². The highest BCUT2D eigenvalue weighted by Gasteiger charge is 2.21. The van der Waals surface area contributed by atoms with Gasteiger partial charge in [-0.15, -0.1) is 0 Å². The Morgan fingerprint density at radius 1 is 1.14 bits per heavy atom. The van der Waals surface area contributed by atoms with Gasteiger partial charge in [-0.3, -0.25) is 10.8 Å². The average Bonchev–Trinajstić information content (AvgIpc) is 2.42. The van der Waals surface area contributed by atoms with Crippen LogP contribution in [0.3, 0.4) is 0 Å². The monoisotopic (exact) mass is 285 g/mol. The van der Waals surface area contributed by atoms with E-state index in [0.717, 1.165) is 33.8 Å². The molecule has 21 heavy (non-hydrogen) atoms. The molecular weight excluding hydrogens is 262 g/mol. The Hall–Kier alpha value is -1.91. The van der Waals surface area contributed by atoms with Gasteiger partial charge in [0.05, 0.1) is 13.2 Å². The third-order valence-corrected chi connectivity index (χ3v) is 3.75. The van der Waals surface area contributed by atoms with Gasteiger partial charge in [-0.2, -0.15) is 0 Å². The fourth-order valence-corrected chi connectivity index (χ4v) is 2.81. The van der Waals surface area contributed by atoms with Crippen LogP contribution in [0.1, 0.15) is 39.7 Å². The molecule has 2 aromatic rings. The summed E-state index contributed by atoms with van der Waals surface area (Å²) in [4.78, 5) is 4.53. The van der Waals surface area contributed by atoms with Crippen LogP contribution >= 0.6 is 0 Å². The van der Waals surface area contributed by atoms with E-state index in [0.29, 0.717) is 0 Å². The van der Waals surface area contributed by atoms with E-state index in [4.69, 9.17) is 10.6 Å². The lowest BCUT2D eigenvalue weighted by Crippen LogP contribution is -2.30. The first-order valence-electron chi connectivity index (χ1n) is 7.03. The number of aryl methyl sites for hydroxylation is 4. The first-order chi connectivity index (χ1) is 9.97. The molecular formula is C17H23N3O. The topological polar surface area (TPSA) is 60.2 Å². The molecule has 1 atom stereocenters. The molecule has 0 fully saturated rings. The fourth-order valence-electron chi connectivity index (χ4n) is 2.81. The second-order valence-corrected chi connectivity index (χ2v) is 5.42. The molecule has 0 aliphatic rings. The van der Waals surface area contributed by atoms with Crippen molar-refractivity contribution in [2.45, 2.75) is 33.7 Å². The molecule has 2 rings (SSSR count). The van der Waals surface area contributed by atoms with Crippen LogP contribution in [0.2, 0.25) is 0 Å². The van der Waals surface area contributed by atoms with Crippen LogP contribution in [-0.2, 0) is 0 Å². The third kappa shape index (κ3) is 3.06. The summed E-state index contributed by atoms with van der Waals surface area (Å²) in [7, 11) is 1.69. The molecule has 0 aliphatic heterocycles. The molecule has 0 saturated heterocycles. The predicted molar refractivity (Wildman–Crippen MR) is 85.3 cm³/mol. The van der Waals surface area contributed by atoms with Crippen molar-refractivity contribution in [3.05, 3.63) is 57.9 Å². The van der Waals surface area contributed by atoms with Crippen molar-refractivity contribution in [3.8, 4) is 5.75 Å². The van der Waals surface area contributed by atoms with E-state index in [9.17, 15) is 0 Å². The Labute approximate surface area is 126 Å². The molecule has 0 bridgehead atoms. The number of hydrogen-bond acceptors (Lipinski definition) is 4. The summed E-state index contributed by atoms with van der Waals surface area (Å²) in [6, 6.07) is 8.10. The van der Waals surface area contributed by atoms with Crippen LogP contribution in [0.25, 0.3) is 0 Å². The van der Waals surface area contributed by atoms with E-state index in [1.165, 1.54) is 5.56 Å². The van der Waals surface area contributed by atoms with E-state index >= 15 is 0 Å². The standard InChI is InChI=1S/C17H23N3O/c1-10-8-11(2)16(15(9-10)21-5)17(20-18)14-7-6-12(3)19-13(14)4/h6-9,17,20H,18H2,1-5H3. The zero-order valence-electron chi connectivity index (χ0n) is 13.3. The number of pyridine rings is 1. The highest BCUT2D eigenvalue weighted by molar-refractivity contribution is 5.49. The van der Waals surface area contributed by atoms with Crippen molar-refractivity contribution in [3.63, 3.8) is 0 Å². The molecule has 0 spiro atoms. The van der Waals surface area contributed by atoms with Crippen LogP contribution in [-0.4, -0.2) is 12.1 Å². The molecule has 0 amide bonds. The summed E-state index contributed by atoms with van der Waals surface area (Å²) < 4.78 is 5.56. The van der Waals surface area contributed by atoms with E-state index in [2.05, 4.69) is 36.4 Å². The normalized spacial score (nSPS) is 12.3. The summed E-state index contributed by atoms with van der Waals surface area (Å²) in [5.74, 6) is 6.68. The van der Waals surface area contributed by atoms with Crippen LogP contribution in [0, 0.1) is 27.7 Å². The Kier molecular flexibility index (Phi) is 4.60. The number of nitrogens with one attached hydrogen (secondary N) is 1. The number of hydrazine groups is 1. The van der Waals surface area contributed by atoms with Gasteiger partial charge in [0.25, 0.3) is 0 Å². The molecule has 1 aromatic heterocycles. The van der Waals surface area contributed by atoms with Gasteiger partial charge in [-0.05, 0) is 56.5 Å². The number of ether oxygens (including phenoxy) is 1. The highest BCUT2D eigenvalue weighted by Crippen LogP contribution is 2.34. The van der Waals surface area contributed by atoms with E-state index in [1.54, 1.807) is 7.11 Å². The first-order valence-corrected chi connectivity index (χ1v) is 7.03. The number of methoxy groups -OCH3 is 1. The minimum absolute atomic E-state index is 0.145. The van der Waals surface area contributed by atoms with Gasteiger partial charge in [0, 0.05) is 17.0 Å². The predicted octanol–water partition coefficient (Wildman–Crippen LogP) is 2.88. The molecule has 1 heterocycles. The van der Waals surface area contributed by atoms with Gasteiger partial charge >= 0.3 is 0 Å². The fraction of sp³-hybridized carbons (Fsp3) is 0.353. The molecule has 112 valence electrons. The number of benzene rings is 1. The lowest BCUT2D eigenvalue weighted by atomic mass is 9.92. The second kappa shape index (κ2) is 6.24. The van der Waals surface area contributed by atoms with E-state index < -0.39 is 0 Å².